The molecule has 0 aromatic heterocycles. The van der Waals surface area contributed by atoms with Crippen molar-refractivity contribution in [1.29, 1.82) is 0 Å². The number of rotatable bonds is 7. The molecule has 0 saturated heterocycles. The summed E-state index contributed by atoms with van der Waals surface area (Å²) in [5.74, 6) is -1.83. The van der Waals surface area contributed by atoms with E-state index in [4.69, 9.17) is 9.84 Å². The zero-order chi connectivity index (χ0) is 16.0. The van der Waals surface area contributed by atoms with Crippen LogP contribution >= 0.6 is 0 Å². The van der Waals surface area contributed by atoms with Crippen LogP contribution in [0.15, 0.2) is 24.3 Å². The average molecular weight is 293 g/mol. The number of carbonyl (C=O) groups excluding carboxylic acids is 1. The van der Waals surface area contributed by atoms with Gasteiger partial charge in [0.2, 0.25) is 5.91 Å². The lowest BCUT2D eigenvalue weighted by Gasteiger charge is -2.23. The Labute approximate surface area is 125 Å². The number of nitrogens with one attached hydrogen (secondary N) is 1. The van der Waals surface area contributed by atoms with Crippen LogP contribution in [0.5, 0.6) is 5.75 Å². The van der Waals surface area contributed by atoms with Crippen molar-refractivity contribution in [1.82, 2.24) is 5.32 Å². The molecular weight excluding hydrogens is 270 g/mol. The first-order chi connectivity index (χ1) is 9.92. The smallest absolute Gasteiger partial charge is 0.307 e. The molecule has 1 rings (SSSR count). The topological polar surface area (TPSA) is 75.6 Å². The van der Waals surface area contributed by atoms with Gasteiger partial charge in [-0.3, -0.25) is 9.59 Å². The van der Waals surface area contributed by atoms with Gasteiger partial charge < -0.3 is 15.2 Å². The van der Waals surface area contributed by atoms with Gasteiger partial charge in [0, 0.05) is 11.5 Å². The minimum atomic E-state index is -0.969. The van der Waals surface area contributed by atoms with E-state index < -0.39 is 17.8 Å². The van der Waals surface area contributed by atoms with Crippen molar-refractivity contribution in [3.63, 3.8) is 0 Å². The van der Waals surface area contributed by atoms with Gasteiger partial charge in [-0.1, -0.05) is 39.0 Å². The molecule has 0 aliphatic heterocycles. The van der Waals surface area contributed by atoms with Crippen LogP contribution in [0, 0.1) is 11.8 Å². The number of hydrogen-bond donors (Lipinski definition) is 2. The molecule has 0 saturated carbocycles. The fourth-order valence-corrected chi connectivity index (χ4v) is 2.10. The molecule has 116 valence electrons. The Hall–Kier alpha value is -2.04. The summed E-state index contributed by atoms with van der Waals surface area (Å²) >= 11 is 0. The van der Waals surface area contributed by atoms with Gasteiger partial charge in [0.25, 0.3) is 0 Å². The lowest BCUT2D eigenvalue weighted by Crippen LogP contribution is -2.37. The molecule has 0 fully saturated rings. The third-order valence-corrected chi connectivity index (χ3v) is 3.79. The minimum Gasteiger partial charge on any atom is -0.496 e. The second-order valence-electron chi connectivity index (χ2n) is 5.13. The molecule has 0 radical (unpaired) electrons. The average Bonchev–Trinajstić information content (AvgIpc) is 2.50. The normalized spacial score (nSPS) is 14.9. The molecule has 1 aromatic carbocycles. The lowest BCUT2D eigenvalue weighted by molar-refractivity contribution is -0.146. The standard InChI is InChI=1S/C16H23NO4/c1-5-13(12-8-6-7-9-14(12)21-4)17-15(18)10(2)11(3)16(19)20/h6-11,13H,5H2,1-4H3,(H,17,18)(H,19,20). The molecule has 21 heavy (non-hydrogen) atoms. The van der Waals surface area contributed by atoms with Crippen molar-refractivity contribution >= 4 is 11.9 Å². The molecule has 5 nitrogen and oxygen atoms in total. The highest BCUT2D eigenvalue weighted by molar-refractivity contribution is 5.84. The summed E-state index contributed by atoms with van der Waals surface area (Å²) in [6.45, 7) is 5.13. The third-order valence-electron chi connectivity index (χ3n) is 3.79. The number of methoxy groups -OCH3 is 1. The van der Waals surface area contributed by atoms with Crippen molar-refractivity contribution in [2.24, 2.45) is 11.8 Å². The van der Waals surface area contributed by atoms with Crippen LogP contribution in [0.25, 0.3) is 0 Å². The summed E-state index contributed by atoms with van der Waals surface area (Å²) in [5.41, 5.74) is 0.894. The second-order valence-corrected chi connectivity index (χ2v) is 5.13. The van der Waals surface area contributed by atoms with Gasteiger partial charge in [0.15, 0.2) is 0 Å². The molecule has 3 atom stereocenters. The molecule has 0 spiro atoms. The van der Waals surface area contributed by atoms with Gasteiger partial charge in [-0.15, -0.1) is 0 Å². The maximum absolute atomic E-state index is 12.2. The van der Waals surface area contributed by atoms with E-state index in [0.29, 0.717) is 12.2 Å². The lowest BCUT2D eigenvalue weighted by atomic mass is 9.94. The maximum atomic E-state index is 12.2. The number of amides is 1. The van der Waals surface area contributed by atoms with E-state index in [2.05, 4.69) is 5.32 Å². The largest absolute Gasteiger partial charge is 0.496 e. The van der Waals surface area contributed by atoms with Crippen molar-refractivity contribution in [2.75, 3.05) is 7.11 Å². The number of carboxylic acids is 1. The number of aliphatic carboxylic acids is 1. The van der Waals surface area contributed by atoms with Crippen molar-refractivity contribution in [3.8, 4) is 5.75 Å². The number of carbonyl (C=O) groups is 2. The minimum absolute atomic E-state index is 0.197. The highest BCUT2D eigenvalue weighted by Crippen LogP contribution is 2.27. The monoisotopic (exact) mass is 293 g/mol. The predicted molar refractivity (Wildman–Crippen MR) is 80.1 cm³/mol. The summed E-state index contributed by atoms with van der Waals surface area (Å²) in [4.78, 5) is 23.2. The second kappa shape index (κ2) is 7.67. The van der Waals surface area contributed by atoms with Gasteiger partial charge in [-0.2, -0.15) is 0 Å². The first-order valence-electron chi connectivity index (χ1n) is 7.08. The zero-order valence-corrected chi connectivity index (χ0v) is 12.9. The number of hydrogen-bond acceptors (Lipinski definition) is 3. The van der Waals surface area contributed by atoms with Gasteiger partial charge in [-0.05, 0) is 12.5 Å². The molecule has 3 unspecified atom stereocenters. The quantitative estimate of drug-likeness (QED) is 0.810. The van der Waals surface area contributed by atoms with Crippen LogP contribution in [0.1, 0.15) is 38.8 Å². The molecule has 5 heteroatoms. The molecule has 0 heterocycles. The Balaban J connectivity index is 2.87. The van der Waals surface area contributed by atoms with Crippen LogP contribution in [0.4, 0.5) is 0 Å². The third kappa shape index (κ3) is 4.21. The van der Waals surface area contributed by atoms with Crippen molar-refractivity contribution in [2.45, 2.75) is 33.2 Å². The number of ether oxygens (including phenoxy) is 1. The molecule has 0 bridgehead atoms. The molecule has 1 aromatic rings. The van der Waals surface area contributed by atoms with Gasteiger partial charge in [0.1, 0.15) is 5.75 Å². The molecule has 2 N–H and O–H groups in total. The summed E-state index contributed by atoms with van der Waals surface area (Å²) in [7, 11) is 1.59. The van der Waals surface area contributed by atoms with E-state index in [9.17, 15) is 9.59 Å². The van der Waals surface area contributed by atoms with Gasteiger partial charge >= 0.3 is 5.97 Å². The number of para-hydroxylation sites is 1. The van der Waals surface area contributed by atoms with E-state index in [-0.39, 0.29) is 11.9 Å². The van der Waals surface area contributed by atoms with Crippen molar-refractivity contribution in [3.05, 3.63) is 29.8 Å². The fourth-order valence-electron chi connectivity index (χ4n) is 2.10. The van der Waals surface area contributed by atoms with Crippen LogP contribution in [0.3, 0.4) is 0 Å². The molecule has 1 amide bonds. The van der Waals surface area contributed by atoms with Gasteiger partial charge in [-0.25, -0.2) is 0 Å². The van der Waals surface area contributed by atoms with E-state index in [0.717, 1.165) is 5.56 Å². The summed E-state index contributed by atoms with van der Waals surface area (Å²) in [6, 6.07) is 7.30. The van der Waals surface area contributed by atoms with E-state index in [1.807, 2.05) is 31.2 Å². The van der Waals surface area contributed by atoms with E-state index >= 15 is 0 Å². The molecule has 0 aliphatic rings. The molecular formula is C16H23NO4. The number of benzene rings is 1. The van der Waals surface area contributed by atoms with Crippen LogP contribution in [0.2, 0.25) is 0 Å². The summed E-state index contributed by atoms with van der Waals surface area (Å²) in [5, 5.41) is 11.9. The Morgan fingerprint density at radius 2 is 1.86 bits per heavy atom. The Morgan fingerprint density at radius 3 is 2.38 bits per heavy atom. The van der Waals surface area contributed by atoms with Crippen LogP contribution in [-0.4, -0.2) is 24.1 Å². The number of carboxylic acid groups (broad SMARTS) is 1. The van der Waals surface area contributed by atoms with E-state index in [1.165, 1.54) is 6.92 Å². The Morgan fingerprint density at radius 1 is 1.24 bits per heavy atom. The SMILES string of the molecule is CCC(NC(=O)C(C)C(C)C(=O)O)c1ccccc1OC. The zero-order valence-electron chi connectivity index (χ0n) is 12.9. The Bertz CT molecular complexity index is 501. The van der Waals surface area contributed by atoms with Gasteiger partial charge in [0.05, 0.1) is 19.1 Å². The van der Waals surface area contributed by atoms with Crippen molar-refractivity contribution < 1.29 is 19.4 Å². The Kier molecular flexibility index (Phi) is 6.21. The predicted octanol–water partition coefficient (Wildman–Crippen LogP) is 2.62. The first-order valence-corrected chi connectivity index (χ1v) is 7.08. The highest BCUT2D eigenvalue weighted by atomic mass is 16.5. The summed E-state index contributed by atoms with van der Waals surface area (Å²) < 4.78 is 5.31. The van der Waals surface area contributed by atoms with Crippen LogP contribution < -0.4 is 10.1 Å². The first kappa shape index (κ1) is 17.0. The van der Waals surface area contributed by atoms with Crippen LogP contribution in [-0.2, 0) is 9.59 Å². The maximum Gasteiger partial charge on any atom is 0.307 e. The fraction of sp³-hybridized carbons (Fsp3) is 0.500. The summed E-state index contributed by atoms with van der Waals surface area (Å²) in [6.07, 6.45) is 0.695. The van der Waals surface area contributed by atoms with E-state index in [1.54, 1.807) is 14.0 Å². The molecule has 0 aliphatic carbocycles. The highest BCUT2D eigenvalue weighted by Gasteiger charge is 2.27.